The van der Waals surface area contributed by atoms with Crippen molar-refractivity contribution < 1.29 is 38.2 Å². The molecule has 0 rings (SSSR count). The van der Waals surface area contributed by atoms with Gasteiger partial charge in [0.25, 0.3) is 0 Å². The average Bonchev–Trinajstić information content (AvgIpc) is 3.27. The van der Waals surface area contributed by atoms with Gasteiger partial charge in [-0.15, -0.1) is 0 Å². The van der Waals surface area contributed by atoms with E-state index >= 15 is 0 Å². The van der Waals surface area contributed by atoms with E-state index in [-0.39, 0.29) is 42.7 Å². The monoisotopic (exact) mass is 918 g/mol. The largest absolute Gasteiger partial charge is 0.544 e. The molecule has 0 N–H and O–H groups in total. The molecule has 0 saturated heterocycles. The Bertz CT molecular complexity index is 1120. The summed E-state index contributed by atoms with van der Waals surface area (Å²) in [7, 11) is 5.43. The second-order valence-corrected chi connectivity index (χ2v) is 20.2. The van der Waals surface area contributed by atoms with Gasteiger partial charge in [-0.1, -0.05) is 237 Å². The first-order valence-corrected chi connectivity index (χ1v) is 27.9. The molecule has 8 heteroatoms. The number of esters is 2. The number of unbranched alkanes of at least 4 members (excludes halogenated alkanes) is 33. The lowest BCUT2D eigenvalue weighted by Crippen LogP contribution is -2.55. The van der Waals surface area contributed by atoms with Gasteiger partial charge >= 0.3 is 11.9 Å². The van der Waals surface area contributed by atoms with Gasteiger partial charge in [0.2, 0.25) is 0 Å². The van der Waals surface area contributed by atoms with Crippen molar-refractivity contribution >= 4 is 17.9 Å². The van der Waals surface area contributed by atoms with E-state index in [1.165, 1.54) is 186 Å². The maximum Gasteiger partial charge on any atom is 0.306 e. The Morgan fingerprint density at radius 2 is 0.862 bits per heavy atom. The summed E-state index contributed by atoms with van der Waals surface area (Å²) in [6, 6.07) is -0.723. The lowest BCUT2D eigenvalue weighted by molar-refractivity contribution is -0.889. The molecule has 0 aliphatic heterocycles. The van der Waals surface area contributed by atoms with Crippen LogP contribution in [0.5, 0.6) is 0 Å². The number of rotatable bonds is 51. The molecule has 8 nitrogen and oxygen atoms in total. The minimum absolute atomic E-state index is 0.0466. The summed E-state index contributed by atoms with van der Waals surface area (Å²) >= 11 is 0. The van der Waals surface area contributed by atoms with Crippen molar-refractivity contribution in [2.45, 2.75) is 283 Å². The summed E-state index contributed by atoms with van der Waals surface area (Å²) in [6.45, 7) is 4.62. The maximum atomic E-state index is 12.8. The Hall–Kier alpha value is -2.19. The van der Waals surface area contributed by atoms with Crippen LogP contribution in [0.25, 0.3) is 0 Å². The van der Waals surface area contributed by atoms with E-state index in [0.29, 0.717) is 12.8 Å². The van der Waals surface area contributed by atoms with E-state index in [9.17, 15) is 19.5 Å². The van der Waals surface area contributed by atoms with E-state index in [4.69, 9.17) is 14.2 Å². The Morgan fingerprint density at radius 3 is 1.26 bits per heavy atom. The third-order valence-electron chi connectivity index (χ3n) is 12.9. The average molecular weight is 918 g/mol. The molecule has 2 unspecified atom stereocenters. The van der Waals surface area contributed by atoms with Crippen molar-refractivity contribution in [1.29, 1.82) is 0 Å². The van der Waals surface area contributed by atoms with Crippen molar-refractivity contribution in [2.75, 3.05) is 41.0 Å². The lowest BCUT2D eigenvalue weighted by atomic mass is 10.0. The van der Waals surface area contributed by atoms with E-state index in [0.717, 1.165) is 51.4 Å². The zero-order chi connectivity index (χ0) is 47.7. The molecule has 0 aromatic heterocycles. The molecule has 382 valence electrons. The standard InChI is InChI=1S/C57H107NO7/c1-6-8-10-12-14-16-18-20-22-24-26-28-30-31-33-35-37-39-41-43-45-47-55(59)64-52-53(51-63-50-49-54(57(61)62)58(3,4)5)65-56(60)48-46-44-42-40-38-36-34-32-29-27-25-23-21-19-17-15-13-11-9-7-2/h8,10,14,16,53-54H,6-7,9,11-13,15,17-52H2,1-5H3/b10-8+,16-14+. The number of allylic oxidation sites excluding steroid dienone is 4. The Labute approximate surface area is 402 Å². The first-order chi connectivity index (χ1) is 31.6. The smallest absolute Gasteiger partial charge is 0.306 e. The number of carboxylic acid groups (broad SMARTS) is 1. The Kier molecular flexibility index (Phi) is 46.6. The summed E-state index contributed by atoms with van der Waals surface area (Å²) in [5.74, 6) is -1.71. The molecular formula is C57H107NO7. The molecule has 0 spiro atoms. The lowest BCUT2D eigenvalue weighted by Gasteiger charge is -2.34. The number of carbonyl (C=O) groups excluding carboxylic acids is 3. The quantitative estimate of drug-likeness (QED) is 0.0259. The van der Waals surface area contributed by atoms with Gasteiger partial charge in [-0.25, -0.2) is 0 Å². The minimum Gasteiger partial charge on any atom is -0.544 e. The van der Waals surface area contributed by atoms with Crippen molar-refractivity contribution in [3.05, 3.63) is 24.3 Å². The third kappa shape index (κ3) is 46.7. The number of carboxylic acids is 1. The fourth-order valence-electron chi connectivity index (χ4n) is 8.58. The summed E-state index contributed by atoms with van der Waals surface area (Å²) in [5.41, 5.74) is 0. The van der Waals surface area contributed by atoms with Gasteiger partial charge in [0.15, 0.2) is 6.10 Å². The highest BCUT2D eigenvalue weighted by Gasteiger charge is 2.25. The molecule has 0 aromatic carbocycles. The molecule has 0 radical (unpaired) electrons. The normalized spacial score (nSPS) is 12.9. The van der Waals surface area contributed by atoms with E-state index in [2.05, 4.69) is 38.2 Å². The fourth-order valence-corrected chi connectivity index (χ4v) is 8.58. The number of quaternary nitrogens is 1. The summed E-state index contributed by atoms with van der Waals surface area (Å²) in [4.78, 5) is 37.1. The van der Waals surface area contributed by atoms with Crippen LogP contribution in [0.4, 0.5) is 0 Å². The number of carbonyl (C=O) groups is 3. The number of hydrogen-bond donors (Lipinski definition) is 0. The molecule has 0 bridgehead atoms. The number of hydrogen-bond acceptors (Lipinski definition) is 7. The minimum atomic E-state index is -1.12. The van der Waals surface area contributed by atoms with E-state index in [1.54, 1.807) is 0 Å². The SMILES string of the molecule is CC/C=C/C/C=C/CCCCCCCCCCCCCCCCC(=O)OCC(COCCC(C(=O)[O-])[N+](C)(C)C)OC(=O)CCCCCCCCCCCCCCCCCCCCCC. The van der Waals surface area contributed by atoms with Crippen LogP contribution in [-0.4, -0.2) is 75.5 Å². The van der Waals surface area contributed by atoms with Crippen molar-refractivity contribution in [3.8, 4) is 0 Å². The molecule has 0 aromatic rings. The van der Waals surface area contributed by atoms with E-state index in [1.807, 2.05) is 21.1 Å². The topological polar surface area (TPSA) is 102 Å². The Morgan fingerprint density at radius 1 is 0.477 bits per heavy atom. The predicted octanol–water partition coefficient (Wildman–Crippen LogP) is 15.0. The van der Waals surface area contributed by atoms with Gasteiger partial charge < -0.3 is 28.6 Å². The van der Waals surface area contributed by atoms with Crippen LogP contribution in [-0.2, 0) is 28.6 Å². The van der Waals surface area contributed by atoms with Crippen LogP contribution in [0, 0.1) is 0 Å². The summed E-state index contributed by atoms with van der Waals surface area (Å²) in [6.07, 6.45) is 56.4. The van der Waals surface area contributed by atoms with Crippen LogP contribution in [0.1, 0.15) is 271 Å². The van der Waals surface area contributed by atoms with Crippen LogP contribution in [0.15, 0.2) is 24.3 Å². The van der Waals surface area contributed by atoms with Crippen molar-refractivity contribution in [3.63, 3.8) is 0 Å². The summed E-state index contributed by atoms with van der Waals surface area (Å²) in [5, 5.41) is 11.7. The van der Waals surface area contributed by atoms with Gasteiger partial charge in [-0.3, -0.25) is 9.59 Å². The molecule has 0 fully saturated rings. The van der Waals surface area contributed by atoms with Crippen LogP contribution < -0.4 is 5.11 Å². The zero-order valence-electron chi connectivity index (χ0n) is 43.7. The molecule has 65 heavy (non-hydrogen) atoms. The summed E-state index contributed by atoms with van der Waals surface area (Å²) < 4.78 is 17.3. The second kappa shape index (κ2) is 48.3. The number of likely N-dealkylation sites (N-methyl/N-ethyl adjacent to an activating group) is 1. The highest BCUT2D eigenvalue weighted by molar-refractivity contribution is 5.70. The van der Waals surface area contributed by atoms with Gasteiger partial charge in [-0.05, 0) is 38.5 Å². The zero-order valence-corrected chi connectivity index (χ0v) is 43.7. The highest BCUT2D eigenvalue weighted by atomic mass is 16.6. The van der Waals surface area contributed by atoms with Crippen LogP contribution in [0.3, 0.4) is 0 Å². The van der Waals surface area contributed by atoms with Crippen LogP contribution >= 0.6 is 0 Å². The van der Waals surface area contributed by atoms with Gasteiger partial charge in [0, 0.05) is 19.3 Å². The molecule has 0 amide bonds. The van der Waals surface area contributed by atoms with E-state index < -0.39 is 18.1 Å². The third-order valence-corrected chi connectivity index (χ3v) is 12.9. The number of aliphatic carboxylic acids is 1. The molecule has 0 aliphatic carbocycles. The molecule has 0 saturated carbocycles. The highest BCUT2D eigenvalue weighted by Crippen LogP contribution is 2.17. The van der Waals surface area contributed by atoms with Crippen LogP contribution in [0.2, 0.25) is 0 Å². The van der Waals surface area contributed by atoms with Crippen molar-refractivity contribution in [2.24, 2.45) is 0 Å². The molecule has 2 atom stereocenters. The Balaban J connectivity index is 4.14. The molecule has 0 heterocycles. The van der Waals surface area contributed by atoms with Gasteiger partial charge in [-0.2, -0.15) is 0 Å². The second-order valence-electron chi connectivity index (χ2n) is 20.2. The first kappa shape index (κ1) is 62.8. The number of ether oxygens (including phenoxy) is 3. The van der Waals surface area contributed by atoms with Gasteiger partial charge in [0.05, 0.1) is 40.3 Å². The first-order valence-electron chi connectivity index (χ1n) is 27.9. The van der Waals surface area contributed by atoms with Gasteiger partial charge in [0.1, 0.15) is 12.6 Å². The molecular weight excluding hydrogens is 811 g/mol. The predicted molar refractivity (Wildman–Crippen MR) is 273 cm³/mol. The molecule has 0 aliphatic rings. The van der Waals surface area contributed by atoms with Crippen molar-refractivity contribution in [1.82, 2.24) is 0 Å². The number of nitrogens with zero attached hydrogens (tertiary/aromatic N) is 1. The maximum absolute atomic E-state index is 12.8. The fraction of sp³-hybridized carbons (Fsp3) is 0.877.